The summed E-state index contributed by atoms with van der Waals surface area (Å²) >= 11 is 0. The van der Waals surface area contributed by atoms with Gasteiger partial charge in [0.1, 0.15) is 6.54 Å². The lowest BCUT2D eigenvalue weighted by Gasteiger charge is -2.21. The number of nitrogens with zero attached hydrogens (tertiary/aromatic N) is 1. The van der Waals surface area contributed by atoms with Gasteiger partial charge in [-0.05, 0) is 6.42 Å². The molecule has 1 aliphatic rings. The molecule has 86 valence electrons. The number of hydrogen-bond acceptors (Lipinski definition) is 2. The van der Waals surface area contributed by atoms with Gasteiger partial charge < -0.3 is 10.6 Å². The molecule has 1 amide bonds. The molecule has 7 heteroatoms. The predicted octanol–water partition coefficient (Wildman–Crippen LogP) is 1.56. The second-order valence-corrected chi connectivity index (χ2v) is 2.89. The van der Waals surface area contributed by atoms with E-state index < -0.39 is 18.6 Å². The first kappa shape index (κ1) is 13.8. The number of rotatable bonds is 2. The molecular formula is C8H10ClF3N2O. The third-order valence-electron chi connectivity index (χ3n) is 1.63. The summed E-state index contributed by atoms with van der Waals surface area (Å²) in [6, 6.07) is 0. The molecule has 1 heterocycles. The first-order valence-electron chi connectivity index (χ1n) is 3.88. The minimum absolute atomic E-state index is 0. The molecule has 0 saturated carbocycles. The van der Waals surface area contributed by atoms with Crippen LogP contribution in [0.15, 0.2) is 24.0 Å². The lowest BCUT2D eigenvalue weighted by Crippen LogP contribution is -2.29. The Morgan fingerprint density at radius 3 is 2.60 bits per heavy atom. The molecule has 0 radical (unpaired) electrons. The summed E-state index contributed by atoms with van der Waals surface area (Å²) in [7, 11) is 0. The fourth-order valence-electron chi connectivity index (χ4n) is 1.08. The van der Waals surface area contributed by atoms with Gasteiger partial charge in [0.25, 0.3) is 0 Å². The average Bonchev–Trinajstić information content (AvgIpc) is 2.01. The van der Waals surface area contributed by atoms with Crippen molar-refractivity contribution in [2.24, 2.45) is 5.73 Å². The molecule has 3 nitrogen and oxygen atoms in total. The molecule has 0 spiro atoms. The number of amides is 1. The molecule has 2 N–H and O–H groups in total. The van der Waals surface area contributed by atoms with E-state index in [2.05, 4.69) is 0 Å². The van der Waals surface area contributed by atoms with Crippen LogP contribution in [0, 0.1) is 0 Å². The van der Waals surface area contributed by atoms with Gasteiger partial charge in [-0.1, -0.05) is 6.08 Å². The van der Waals surface area contributed by atoms with Gasteiger partial charge in [-0.3, -0.25) is 4.79 Å². The summed E-state index contributed by atoms with van der Waals surface area (Å²) in [5, 5.41) is 0. The Bertz CT molecular complexity index is 299. The van der Waals surface area contributed by atoms with Gasteiger partial charge in [0, 0.05) is 18.0 Å². The Balaban J connectivity index is 0.00000196. The average molecular weight is 243 g/mol. The lowest BCUT2D eigenvalue weighted by atomic mass is 10.1. The van der Waals surface area contributed by atoms with E-state index in [1.165, 1.54) is 12.3 Å². The van der Waals surface area contributed by atoms with Crippen molar-refractivity contribution in [2.45, 2.75) is 12.6 Å². The summed E-state index contributed by atoms with van der Waals surface area (Å²) in [5.74, 6) is -0.693. The molecule has 0 saturated heterocycles. The summed E-state index contributed by atoms with van der Waals surface area (Å²) in [4.78, 5) is 11.6. The molecule has 0 fully saturated rings. The lowest BCUT2D eigenvalue weighted by molar-refractivity contribution is -0.136. The maximum atomic E-state index is 11.9. The Morgan fingerprint density at radius 1 is 1.53 bits per heavy atom. The molecule has 0 unspecified atom stereocenters. The topological polar surface area (TPSA) is 46.3 Å². The monoisotopic (exact) mass is 242 g/mol. The van der Waals surface area contributed by atoms with E-state index in [1.807, 2.05) is 0 Å². The number of primary amides is 1. The maximum Gasteiger partial charge on any atom is 0.406 e. The molecule has 15 heavy (non-hydrogen) atoms. The van der Waals surface area contributed by atoms with E-state index in [1.54, 1.807) is 0 Å². The van der Waals surface area contributed by atoms with Gasteiger partial charge in [-0.2, -0.15) is 13.2 Å². The first-order chi connectivity index (χ1) is 6.38. The highest BCUT2D eigenvalue weighted by molar-refractivity contribution is 5.92. The molecule has 0 aliphatic carbocycles. The minimum atomic E-state index is -4.29. The van der Waals surface area contributed by atoms with Gasteiger partial charge in [-0.25, -0.2) is 0 Å². The van der Waals surface area contributed by atoms with Crippen molar-refractivity contribution in [1.29, 1.82) is 0 Å². The Labute approximate surface area is 90.8 Å². The normalized spacial score (nSPS) is 15.7. The van der Waals surface area contributed by atoms with Gasteiger partial charge in [0.15, 0.2) is 0 Å². The second kappa shape index (κ2) is 5.06. The van der Waals surface area contributed by atoms with Crippen LogP contribution in [0.1, 0.15) is 6.42 Å². The summed E-state index contributed by atoms with van der Waals surface area (Å²) < 4.78 is 35.8. The fourth-order valence-corrected chi connectivity index (χ4v) is 1.08. The number of nitrogens with two attached hydrogens (primary N) is 1. The zero-order chi connectivity index (χ0) is 10.8. The number of alkyl halides is 3. The van der Waals surface area contributed by atoms with Crippen LogP contribution in [0.3, 0.4) is 0 Å². The van der Waals surface area contributed by atoms with Crippen LogP contribution in [-0.2, 0) is 4.79 Å². The Hall–Kier alpha value is -1.17. The molecule has 0 aromatic heterocycles. The van der Waals surface area contributed by atoms with Crippen LogP contribution < -0.4 is 5.73 Å². The smallest absolute Gasteiger partial charge is 0.366 e. The van der Waals surface area contributed by atoms with Crippen LogP contribution in [0.2, 0.25) is 0 Å². The quantitative estimate of drug-likeness (QED) is 0.799. The molecule has 0 aromatic carbocycles. The number of allylic oxidation sites excluding steroid dienone is 1. The van der Waals surface area contributed by atoms with Crippen LogP contribution >= 0.6 is 12.4 Å². The van der Waals surface area contributed by atoms with Gasteiger partial charge in [0.05, 0.1) is 0 Å². The van der Waals surface area contributed by atoms with E-state index in [0.717, 1.165) is 11.1 Å². The number of carbonyl (C=O) groups is 1. The van der Waals surface area contributed by atoms with E-state index in [-0.39, 0.29) is 24.4 Å². The number of halogens is 4. The molecule has 1 rings (SSSR count). The molecular weight excluding hydrogens is 233 g/mol. The highest BCUT2D eigenvalue weighted by Gasteiger charge is 2.29. The minimum Gasteiger partial charge on any atom is -0.366 e. The van der Waals surface area contributed by atoms with Crippen LogP contribution in [0.5, 0.6) is 0 Å². The molecule has 0 aromatic rings. The zero-order valence-electron chi connectivity index (χ0n) is 7.62. The van der Waals surface area contributed by atoms with Gasteiger partial charge in [0.2, 0.25) is 5.91 Å². The molecule has 1 aliphatic heterocycles. The van der Waals surface area contributed by atoms with Crippen molar-refractivity contribution in [3.05, 3.63) is 24.0 Å². The van der Waals surface area contributed by atoms with Crippen LogP contribution in [0.25, 0.3) is 0 Å². The van der Waals surface area contributed by atoms with Crippen molar-refractivity contribution < 1.29 is 18.0 Å². The standard InChI is InChI=1S/C8H9F3N2O.ClH/c9-8(10,11)5-13-3-1-2-6(4-13)7(12)14;/h1,3-4H,2,5H2,(H2,12,14);1H. The maximum absolute atomic E-state index is 11.9. The summed E-state index contributed by atoms with van der Waals surface area (Å²) in [5.41, 5.74) is 5.12. The SMILES string of the molecule is Cl.NC(=O)C1=CN(CC(F)(F)F)C=CC1. The van der Waals surface area contributed by atoms with E-state index >= 15 is 0 Å². The van der Waals surface area contributed by atoms with Crippen LogP contribution in [-0.4, -0.2) is 23.5 Å². The summed E-state index contributed by atoms with van der Waals surface area (Å²) in [6.07, 6.45) is -0.147. The highest BCUT2D eigenvalue weighted by atomic mass is 35.5. The largest absolute Gasteiger partial charge is 0.406 e. The van der Waals surface area contributed by atoms with E-state index in [9.17, 15) is 18.0 Å². The zero-order valence-corrected chi connectivity index (χ0v) is 8.44. The Kier molecular flexibility index (Phi) is 4.67. The third kappa shape index (κ3) is 4.73. The highest BCUT2D eigenvalue weighted by Crippen LogP contribution is 2.20. The Morgan fingerprint density at radius 2 is 2.13 bits per heavy atom. The van der Waals surface area contributed by atoms with Gasteiger partial charge >= 0.3 is 6.18 Å². The van der Waals surface area contributed by atoms with E-state index in [4.69, 9.17) is 5.73 Å². The van der Waals surface area contributed by atoms with E-state index in [0.29, 0.717) is 0 Å². The molecule has 0 atom stereocenters. The fraction of sp³-hybridized carbons (Fsp3) is 0.375. The number of carbonyl (C=O) groups excluding carboxylic acids is 1. The molecule has 0 bridgehead atoms. The number of hydrogen-bond donors (Lipinski definition) is 1. The first-order valence-corrected chi connectivity index (χ1v) is 3.88. The van der Waals surface area contributed by atoms with Crippen molar-refractivity contribution in [1.82, 2.24) is 4.90 Å². The second-order valence-electron chi connectivity index (χ2n) is 2.89. The van der Waals surface area contributed by atoms with Crippen molar-refractivity contribution in [2.75, 3.05) is 6.54 Å². The van der Waals surface area contributed by atoms with Crippen LogP contribution in [0.4, 0.5) is 13.2 Å². The third-order valence-corrected chi connectivity index (χ3v) is 1.63. The van der Waals surface area contributed by atoms with Crippen molar-refractivity contribution in [3.8, 4) is 0 Å². The van der Waals surface area contributed by atoms with Crippen molar-refractivity contribution >= 4 is 18.3 Å². The van der Waals surface area contributed by atoms with Crippen molar-refractivity contribution in [3.63, 3.8) is 0 Å². The predicted molar refractivity (Wildman–Crippen MR) is 51.0 cm³/mol. The van der Waals surface area contributed by atoms with Gasteiger partial charge in [-0.15, -0.1) is 12.4 Å². The summed E-state index contributed by atoms with van der Waals surface area (Å²) in [6.45, 7) is -1.11.